The van der Waals surface area contributed by atoms with Gasteiger partial charge in [0, 0.05) is 37.6 Å². The highest BCUT2D eigenvalue weighted by atomic mass is 32.1. The van der Waals surface area contributed by atoms with Gasteiger partial charge >= 0.3 is 0 Å². The number of hydrazine groups is 2. The molecule has 4 aromatic heterocycles. The lowest BCUT2D eigenvalue weighted by Gasteiger charge is -2.35. The Morgan fingerprint density at radius 3 is 0.802 bits per heavy atom. The van der Waals surface area contributed by atoms with Gasteiger partial charge in [0.25, 0.3) is 23.6 Å². The Morgan fingerprint density at radius 2 is 0.543 bits per heavy atom. The van der Waals surface area contributed by atoms with Gasteiger partial charge in [0.2, 0.25) is 0 Å². The van der Waals surface area contributed by atoms with Crippen molar-refractivity contribution in [3.63, 3.8) is 0 Å². The maximum Gasteiger partial charge on any atom is 0.284 e. The molecule has 12 heteroatoms. The van der Waals surface area contributed by atoms with Crippen LogP contribution in [-0.4, -0.2) is 23.6 Å². The summed E-state index contributed by atoms with van der Waals surface area (Å²) in [5, 5.41) is 6.05. The summed E-state index contributed by atoms with van der Waals surface area (Å²) in [4.78, 5) is 64.5. The number of aryl methyl sites for hydroxylation is 4. The second-order valence-electron chi connectivity index (χ2n) is 31.5. The molecule has 2 aliphatic carbocycles. The Hall–Kier alpha value is -10.9. The summed E-state index contributed by atoms with van der Waals surface area (Å²) in [6.07, 6.45) is 27.7. The summed E-state index contributed by atoms with van der Waals surface area (Å²) in [5.74, 6) is -1.45. The van der Waals surface area contributed by atoms with E-state index in [9.17, 15) is 19.2 Å². The molecule has 2 aliphatic heterocycles. The fraction of sp³-hybridized carbons (Fsp3) is 0.250. The van der Waals surface area contributed by atoms with Gasteiger partial charge in [-0.15, -0.1) is 45.3 Å². The van der Waals surface area contributed by atoms with Crippen molar-refractivity contribution in [2.24, 2.45) is 0 Å². The van der Waals surface area contributed by atoms with Crippen molar-refractivity contribution >= 4 is 115 Å². The van der Waals surface area contributed by atoms with Crippen LogP contribution in [0, 0.1) is 0 Å². The highest BCUT2D eigenvalue weighted by Gasteiger charge is 2.54. The average molecular weight is 1600 g/mol. The van der Waals surface area contributed by atoms with E-state index >= 15 is 0 Å². The van der Waals surface area contributed by atoms with Crippen LogP contribution >= 0.6 is 45.3 Å². The van der Waals surface area contributed by atoms with Crippen molar-refractivity contribution in [2.75, 3.05) is 20.0 Å². The molecule has 2 fully saturated rings. The first-order chi connectivity index (χ1) is 57.0. The van der Waals surface area contributed by atoms with Gasteiger partial charge < -0.3 is 0 Å². The van der Waals surface area contributed by atoms with Gasteiger partial charge in [-0.3, -0.25) is 19.2 Å². The average Bonchev–Trinajstić information content (AvgIpc) is 1.50. The predicted octanol–water partition coefficient (Wildman–Crippen LogP) is 23.1. The molecule has 4 amide bonds. The summed E-state index contributed by atoms with van der Waals surface area (Å²) in [6.45, 7) is 9.12. The number of fused-ring (bicyclic) bond motifs is 6. The topological polar surface area (TPSA) is 81.2 Å². The molecule has 4 aliphatic rings. The number of amides is 4. The molecule has 0 bridgehead atoms. The highest BCUT2D eigenvalue weighted by molar-refractivity contribution is 7.17. The highest BCUT2D eigenvalue weighted by Crippen LogP contribution is 2.65. The van der Waals surface area contributed by atoms with E-state index in [4.69, 9.17) is 0 Å². The number of hydrogen-bond acceptors (Lipinski definition) is 8. The van der Waals surface area contributed by atoms with E-state index in [0.29, 0.717) is 31.8 Å². The van der Waals surface area contributed by atoms with Crippen molar-refractivity contribution in [1.29, 1.82) is 0 Å². The van der Waals surface area contributed by atoms with Gasteiger partial charge in [0.1, 0.15) is 11.1 Å². The summed E-state index contributed by atoms with van der Waals surface area (Å²) in [6, 6.07) is 94.8. The Labute approximate surface area is 698 Å². The van der Waals surface area contributed by atoms with Crippen LogP contribution in [0.4, 0.5) is 22.7 Å². The number of unbranched alkanes of at least 4 members (excludes halogenated alkanes) is 12. The van der Waals surface area contributed by atoms with E-state index < -0.39 is 10.8 Å². The minimum atomic E-state index is -0.784. The lowest BCUT2D eigenvalue weighted by atomic mass is 9.65. The Bertz CT molecular complexity index is 5400. The molecular formula is C104H98N4O4S4. The van der Waals surface area contributed by atoms with E-state index in [2.05, 4.69) is 173 Å². The fourth-order valence-corrected chi connectivity index (χ4v) is 22.6. The van der Waals surface area contributed by atoms with Gasteiger partial charge in [0.05, 0.1) is 33.6 Å². The molecule has 8 nitrogen and oxygen atoms in total. The van der Waals surface area contributed by atoms with Crippen LogP contribution in [0.5, 0.6) is 0 Å². The maximum atomic E-state index is 15.0. The minimum absolute atomic E-state index is 0.145. The smallest absolute Gasteiger partial charge is 0.266 e. The second kappa shape index (κ2) is 34.5. The van der Waals surface area contributed by atoms with Crippen LogP contribution < -0.4 is 38.2 Å². The summed E-state index contributed by atoms with van der Waals surface area (Å²) < 4.78 is 3.13. The summed E-state index contributed by atoms with van der Waals surface area (Å²) in [5.41, 5.74) is 18.8. The van der Waals surface area contributed by atoms with E-state index in [1.165, 1.54) is 207 Å². The third kappa shape index (κ3) is 14.6. The van der Waals surface area contributed by atoms with Gasteiger partial charge in [-0.2, -0.15) is 0 Å². The maximum absolute atomic E-state index is 15.0. The number of hydrogen-bond donors (Lipinski definition) is 0. The lowest BCUT2D eigenvalue weighted by molar-refractivity contribution is -0.115. The number of anilines is 4. The van der Waals surface area contributed by atoms with Gasteiger partial charge in [-0.25, -0.2) is 20.0 Å². The molecule has 0 radical (unpaired) electrons. The normalized spacial score (nSPS) is 14.9. The van der Waals surface area contributed by atoms with Crippen LogP contribution in [0.3, 0.4) is 0 Å². The molecule has 0 unspecified atom stereocenters. The molecule has 0 spiro atoms. The van der Waals surface area contributed by atoms with E-state index in [1.54, 1.807) is 0 Å². The van der Waals surface area contributed by atoms with Crippen molar-refractivity contribution in [3.05, 3.63) is 362 Å². The van der Waals surface area contributed by atoms with Crippen LogP contribution in [0.15, 0.2) is 267 Å². The number of rotatable bonds is 30. The number of para-hydroxylation sites is 4. The Kier molecular flexibility index (Phi) is 23.1. The quantitative estimate of drug-likeness (QED) is 0.0420. The molecule has 17 rings (SSSR count). The minimum Gasteiger partial charge on any atom is -0.266 e. The van der Waals surface area contributed by atoms with Crippen LogP contribution in [0.25, 0.3) is 44.2 Å². The van der Waals surface area contributed by atoms with Crippen molar-refractivity contribution in [2.45, 2.75) is 167 Å². The number of thiophene rings is 4. The number of carbonyl (C=O) groups excluding carboxylic acids is 4. The van der Waals surface area contributed by atoms with Crippen molar-refractivity contribution < 1.29 is 19.2 Å². The molecular weight excluding hydrogens is 1500 g/mol. The molecule has 13 aromatic rings. The predicted molar refractivity (Wildman–Crippen MR) is 485 cm³/mol. The molecule has 0 N–H and O–H groups in total. The number of benzene rings is 9. The van der Waals surface area contributed by atoms with Gasteiger partial charge in [-0.1, -0.05) is 275 Å². The largest absolute Gasteiger partial charge is 0.284 e. The Morgan fingerprint density at radius 1 is 0.276 bits per heavy atom. The SMILES string of the molecule is CCCCCCc1ccc(C2(c3ccc(CCCCCC)cc3)c3cc4c(cc3-c3sc(/C=c5\ccc(=C6C(=O)N(c7ccccc7)N(c7ccccc7)C6=O)s5)cc32)C(c2ccc(CCCCCC)cc2)(c2ccc(CCCCCC)cc2)c2cc(/C=c3\ccc(=C5C(=O)N(c6ccccc6)N(c6ccccc6)C5=O)s3)sc2-4)cc1. The van der Waals surface area contributed by atoms with E-state index in [-0.39, 0.29) is 34.8 Å². The molecule has 2 saturated heterocycles. The van der Waals surface area contributed by atoms with Crippen LogP contribution in [0.2, 0.25) is 0 Å². The number of nitrogens with zero attached hydrogens (tertiary/aromatic N) is 4. The number of carbonyl (C=O) groups is 4. The molecule has 0 saturated carbocycles. The monoisotopic (exact) mass is 1590 g/mol. The van der Waals surface area contributed by atoms with Crippen LogP contribution in [0.1, 0.15) is 207 Å². The molecule has 582 valence electrons. The van der Waals surface area contributed by atoms with E-state index in [1.807, 2.05) is 156 Å². The van der Waals surface area contributed by atoms with Gasteiger partial charge in [0.15, 0.2) is 0 Å². The second-order valence-corrected chi connectivity index (χ2v) is 35.9. The van der Waals surface area contributed by atoms with Crippen molar-refractivity contribution in [1.82, 2.24) is 0 Å². The molecule has 6 heterocycles. The Balaban J connectivity index is 0.887. The zero-order valence-electron chi connectivity index (χ0n) is 66.8. The third-order valence-electron chi connectivity index (χ3n) is 23.9. The summed E-state index contributed by atoms with van der Waals surface area (Å²) >= 11 is 6.63. The first kappa shape index (κ1) is 77.7. The standard InChI is InChI=1S/C104H98N4O4S4/c1-5-9-13-21-33-71-45-53-75(54-46-71)103(76-55-47-72(48-56-76)34-22-14-10-6-2)89-69-88-90(70-87(89)97-91(103)67-85(115-97)65-83-61-63-93(113-83)95-99(109)105(79-37-25-17-26-38-79)106(100(95)110)80-39-27-18-28-40-80)104(77-57-49-73(50-58-77)35-23-15-11-7-3,78-59-51-74(52-60-78)36-24-16-12-8-4)92-68-86(116-98(88)92)66-84-62-64-94(114-84)96-101(111)107(81-41-29-19-30-42-81)108(102(96)112)82-43-31-20-32-44-82/h17-20,25-32,37-70H,5-16,21-24,33-36H2,1-4H3/b83-65+,84-66+. The third-order valence-corrected chi connectivity index (χ3v) is 28.3. The zero-order valence-corrected chi connectivity index (χ0v) is 70.0. The van der Waals surface area contributed by atoms with Crippen molar-refractivity contribution in [3.8, 4) is 20.9 Å². The molecule has 116 heavy (non-hydrogen) atoms. The zero-order chi connectivity index (χ0) is 79.3. The first-order valence-electron chi connectivity index (χ1n) is 42.1. The first-order valence-corrected chi connectivity index (χ1v) is 45.4. The molecule has 9 aromatic carbocycles. The molecule has 0 atom stereocenters. The van der Waals surface area contributed by atoms with E-state index in [0.717, 1.165) is 70.2 Å². The summed E-state index contributed by atoms with van der Waals surface area (Å²) in [7, 11) is 0. The van der Waals surface area contributed by atoms with Crippen LogP contribution in [-0.2, 0) is 55.7 Å². The fourth-order valence-electron chi connectivity index (χ4n) is 18.1. The lowest BCUT2D eigenvalue weighted by Crippen LogP contribution is -2.41. The van der Waals surface area contributed by atoms with Gasteiger partial charge in [-0.05, 0) is 238 Å².